The van der Waals surface area contributed by atoms with Crippen LogP contribution in [0.4, 0.5) is 0 Å². The fraction of sp³-hybridized carbons (Fsp3) is 0.917. The Balaban J connectivity index is 2.07. The number of carbonyl (C=O) groups is 1. The second kappa shape index (κ2) is 7.63. The summed E-state index contributed by atoms with van der Waals surface area (Å²) in [5.74, 6) is 0.273. The zero-order chi connectivity index (χ0) is 11.8. The van der Waals surface area contributed by atoms with Crippen LogP contribution in [0, 0.1) is 0 Å². The third-order valence-electron chi connectivity index (χ3n) is 3.19. The highest BCUT2D eigenvalue weighted by atomic mass is 16.2. The Kier molecular flexibility index (Phi) is 6.42. The number of likely N-dealkylation sites (tertiary alicyclic amines) is 1. The highest BCUT2D eigenvalue weighted by Crippen LogP contribution is 2.06. The lowest BCUT2D eigenvalue weighted by molar-refractivity contribution is -0.130. The van der Waals surface area contributed by atoms with Crippen molar-refractivity contribution in [1.82, 2.24) is 15.1 Å². The molecule has 94 valence electrons. The quantitative estimate of drug-likeness (QED) is 0.645. The van der Waals surface area contributed by atoms with Crippen LogP contribution in [-0.2, 0) is 4.79 Å². The van der Waals surface area contributed by atoms with Gasteiger partial charge in [-0.15, -0.1) is 0 Å². The summed E-state index contributed by atoms with van der Waals surface area (Å²) in [5, 5.41) is 3.06. The van der Waals surface area contributed by atoms with Gasteiger partial charge in [-0.25, -0.2) is 0 Å². The zero-order valence-electron chi connectivity index (χ0n) is 10.7. The van der Waals surface area contributed by atoms with Crippen LogP contribution in [0.1, 0.15) is 25.7 Å². The normalized spacial score (nSPS) is 16.6. The van der Waals surface area contributed by atoms with Crippen molar-refractivity contribution in [3.63, 3.8) is 0 Å². The van der Waals surface area contributed by atoms with Crippen molar-refractivity contribution in [1.29, 1.82) is 0 Å². The first-order valence-electron chi connectivity index (χ1n) is 6.35. The number of nitrogens with zero attached hydrogens (tertiary/aromatic N) is 2. The highest BCUT2D eigenvalue weighted by Gasteiger charge is 2.13. The molecule has 1 amide bonds. The minimum absolute atomic E-state index is 0.273. The Bertz CT molecular complexity index is 202. The molecule has 0 unspecified atom stereocenters. The topological polar surface area (TPSA) is 35.6 Å². The van der Waals surface area contributed by atoms with E-state index in [1.807, 2.05) is 19.0 Å². The van der Waals surface area contributed by atoms with E-state index >= 15 is 0 Å². The van der Waals surface area contributed by atoms with E-state index in [4.69, 9.17) is 0 Å². The van der Waals surface area contributed by atoms with Crippen molar-refractivity contribution < 1.29 is 4.79 Å². The number of amides is 1. The summed E-state index contributed by atoms with van der Waals surface area (Å²) in [5.41, 5.74) is 0. The number of rotatable bonds is 7. The molecule has 0 aromatic heterocycles. The third-order valence-corrected chi connectivity index (χ3v) is 3.19. The maximum Gasteiger partial charge on any atom is 0.222 e. The molecule has 0 saturated carbocycles. The summed E-state index contributed by atoms with van der Waals surface area (Å²) >= 11 is 0. The van der Waals surface area contributed by atoms with Crippen molar-refractivity contribution in [2.45, 2.75) is 25.7 Å². The molecular formula is C12H25N3O. The van der Waals surface area contributed by atoms with E-state index in [1.165, 1.54) is 25.9 Å². The standard InChI is InChI=1S/C12H25N3O/c1-13-7-5-6-12(16)14(2)10-11-15-8-3-4-9-15/h13H,3-11H2,1-2H3. The molecule has 0 bridgehead atoms. The molecular weight excluding hydrogens is 202 g/mol. The monoisotopic (exact) mass is 227 g/mol. The van der Waals surface area contributed by atoms with Crippen LogP contribution in [0.15, 0.2) is 0 Å². The largest absolute Gasteiger partial charge is 0.344 e. The number of likely N-dealkylation sites (N-methyl/N-ethyl adjacent to an activating group) is 1. The molecule has 0 radical (unpaired) electrons. The van der Waals surface area contributed by atoms with Crippen LogP contribution >= 0.6 is 0 Å². The van der Waals surface area contributed by atoms with Gasteiger partial charge in [-0.1, -0.05) is 0 Å². The van der Waals surface area contributed by atoms with Gasteiger partial charge in [0.15, 0.2) is 0 Å². The minimum atomic E-state index is 0.273. The molecule has 1 rings (SSSR count). The molecule has 1 fully saturated rings. The van der Waals surface area contributed by atoms with Crippen molar-refractivity contribution >= 4 is 5.91 Å². The summed E-state index contributed by atoms with van der Waals surface area (Å²) in [6.45, 7) is 5.25. The van der Waals surface area contributed by atoms with Gasteiger partial charge in [-0.2, -0.15) is 0 Å². The number of hydrogen-bond acceptors (Lipinski definition) is 3. The lowest BCUT2D eigenvalue weighted by atomic mass is 10.3. The maximum absolute atomic E-state index is 11.7. The first-order valence-corrected chi connectivity index (χ1v) is 6.35. The molecule has 1 heterocycles. The Hall–Kier alpha value is -0.610. The van der Waals surface area contributed by atoms with E-state index in [9.17, 15) is 4.79 Å². The molecule has 1 aliphatic heterocycles. The average molecular weight is 227 g/mol. The second-order valence-electron chi connectivity index (χ2n) is 4.57. The Morgan fingerprint density at radius 3 is 2.69 bits per heavy atom. The van der Waals surface area contributed by atoms with Gasteiger partial charge in [0.1, 0.15) is 0 Å². The molecule has 0 spiro atoms. The predicted octanol–water partition coefficient (Wildman–Crippen LogP) is 0.540. The number of hydrogen-bond donors (Lipinski definition) is 1. The van der Waals surface area contributed by atoms with Gasteiger partial charge in [0.2, 0.25) is 5.91 Å². The lowest BCUT2D eigenvalue weighted by Gasteiger charge is -2.21. The van der Waals surface area contributed by atoms with E-state index in [0.29, 0.717) is 6.42 Å². The first kappa shape index (κ1) is 13.5. The third kappa shape index (κ3) is 4.94. The molecule has 4 nitrogen and oxygen atoms in total. The van der Waals surface area contributed by atoms with Crippen LogP contribution in [0.2, 0.25) is 0 Å². The highest BCUT2D eigenvalue weighted by molar-refractivity contribution is 5.75. The lowest BCUT2D eigenvalue weighted by Crippen LogP contribution is -2.35. The van der Waals surface area contributed by atoms with Crippen LogP contribution in [0.25, 0.3) is 0 Å². The van der Waals surface area contributed by atoms with Crippen LogP contribution in [0.5, 0.6) is 0 Å². The first-order chi connectivity index (χ1) is 7.74. The fourth-order valence-electron chi connectivity index (χ4n) is 2.03. The van der Waals surface area contributed by atoms with E-state index in [2.05, 4.69) is 10.2 Å². The molecule has 0 aliphatic carbocycles. The predicted molar refractivity (Wildman–Crippen MR) is 66.5 cm³/mol. The van der Waals surface area contributed by atoms with Crippen LogP contribution in [-0.4, -0.2) is 62.5 Å². The van der Waals surface area contributed by atoms with Gasteiger partial charge in [0.05, 0.1) is 0 Å². The Morgan fingerprint density at radius 1 is 1.38 bits per heavy atom. The molecule has 0 atom stereocenters. The molecule has 0 aromatic carbocycles. The van der Waals surface area contributed by atoms with Crippen molar-refractivity contribution in [2.24, 2.45) is 0 Å². The molecule has 16 heavy (non-hydrogen) atoms. The molecule has 1 N–H and O–H groups in total. The van der Waals surface area contributed by atoms with Crippen molar-refractivity contribution in [2.75, 3.05) is 46.8 Å². The molecule has 1 aliphatic rings. The summed E-state index contributed by atoms with van der Waals surface area (Å²) < 4.78 is 0. The van der Waals surface area contributed by atoms with Gasteiger partial charge in [-0.3, -0.25) is 4.79 Å². The molecule has 0 aromatic rings. The molecule has 4 heteroatoms. The molecule has 1 saturated heterocycles. The number of nitrogens with one attached hydrogen (secondary N) is 1. The van der Waals surface area contributed by atoms with Crippen molar-refractivity contribution in [3.05, 3.63) is 0 Å². The van der Waals surface area contributed by atoms with E-state index < -0.39 is 0 Å². The summed E-state index contributed by atoms with van der Waals surface area (Å²) in [7, 11) is 3.83. The second-order valence-corrected chi connectivity index (χ2v) is 4.57. The Morgan fingerprint density at radius 2 is 2.06 bits per heavy atom. The number of carbonyl (C=O) groups excluding carboxylic acids is 1. The van der Waals surface area contributed by atoms with Crippen LogP contribution < -0.4 is 5.32 Å². The van der Waals surface area contributed by atoms with Gasteiger partial charge in [0.25, 0.3) is 0 Å². The fourth-order valence-corrected chi connectivity index (χ4v) is 2.03. The average Bonchev–Trinajstić information content (AvgIpc) is 2.79. The van der Waals surface area contributed by atoms with E-state index in [0.717, 1.165) is 26.1 Å². The van der Waals surface area contributed by atoms with E-state index in [-0.39, 0.29) is 5.91 Å². The maximum atomic E-state index is 11.7. The summed E-state index contributed by atoms with van der Waals surface area (Å²) in [4.78, 5) is 16.0. The van der Waals surface area contributed by atoms with Gasteiger partial charge in [-0.05, 0) is 45.9 Å². The Labute approximate surface area is 99.0 Å². The van der Waals surface area contributed by atoms with Crippen molar-refractivity contribution in [3.8, 4) is 0 Å². The van der Waals surface area contributed by atoms with Gasteiger partial charge < -0.3 is 15.1 Å². The zero-order valence-corrected chi connectivity index (χ0v) is 10.7. The summed E-state index contributed by atoms with van der Waals surface area (Å²) in [6.07, 6.45) is 4.24. The van der Waals surface area contributed by atoms with Crippen LogP contribution in [0.3, 0.4) is 0 Å². The minimum Gasteiger partial charge on any atom is -0.344 e. The van der Waals surface area contributed by atoms with Gasteiger partial charge >= 0.3 is 0 Å². The smallest absolute Gasteiger partial charge is 0.222 e. The SMILES string of the molecule is CNCCCC(=O)N(C)CCN1CCCC1. The van der Waals surface area contributed by atoms with E-state index in [1.54, 1.807) is 0 Å². The van der Waals surface area contributed by atoms with Gasteiger partial charge in [0, 0.05) is 26.6 Å². The summed E-state index contributed by atoms with van der Waals surface area (Å²) in [6, 6.07) is 0.